The van der Waals surface area contributed by atoms with Crippen LogP contribution in [0.4, 0.5) is 5.82 Å². The first kappa shape index (κ1) is 18.0. The van der Waals surface area contributed by atoms with Crippen molar-refractivity contribution in [3.8, 4) is 0 Å². The molecule has 2 heterocycles. The molecule has 5 nitrogen and oxygen atoms in total. The molecular weight excluding hydrogens is 380 g/mol. The lowest BCUT2D eigenvalue weighted by Gasteiger charge is -2.31. The van der Waals surface area contributed by atoms with Crippen molar-refractivity contribution < 1.29 is 4.79 Å². The number of hydrogen-bond donors (Lipinski definition) is 2. The van der Waals surface area contributed by atoms with E-state index in [1.807, 2.05) is 41.9 Å². The molecule has 1 aromatic carbocycles. The minimum atomic E-state index is 0. The number of rotatable bonds is 5. The Kier molecular flexibility index (Phi) is 6.21. The van der Waals surface area contributed by atoms with Gasteiger partial charge >= 0.3 is 0 Å². The summed E-state index contributed by atoms with van der Waals surface area (Å²) in [6.45, 7) is 4.46. The molecule has 1 saturated heterocycles. The van der Waals surface area contributed by atoms with Crippen LogP contribution in [-0.2, 0) is 11.3 Å². The fourth-order valence-electron chi connectivity index (χ4n) is 2.45. The SMILES string of the molecule is CC(C(=O)Nc1ccnn1Cc1ccc(Br)cc1)C1CNC1.Cl. The largest absolute Gasteiger partial charge is 0.316 e. The van der Waals surface area contributed by atoms with Gasteiger partial charge in [-0.25, -0.2) is 4.68 Å². The monoisotopic (exact) mass is 398 g/mol. The Morgan fingerprint density at radius 1 is 1.39 bits per heavy atom. The number of hydrogen-bond acceptors (Lipinski definition) is 3. The zero-order valence-corrected chi connectivity index (χ0v) is 15.2. The van der Waals surface area contributed by atoms with Crippen molar-refractivity contribution in [3.63, 3.8) is 0 Å². The average Bonchev–Trinajstić information content (AvgIpc) is 2.86. The van der Waals surface area contributed by atoms with Crippen molar-refractivity contribution in [2.45, 2.75) is 13.5 Å². The van der Waals surface area contributed by atoms with Crippen molar-refractivity contribution >= 4 is 40.1 Å². The van der Waals surface area contributed by atoms with Gasteiger partial charge in [-0.1, -0.05) is 35.0 Å². The van der Waals surface area contributed by atoms with E-state index in [1.165, 1.54) is 0 Å². The number of halogens is 2. The van der Waals surface area contributed by atoms with Crippen LogP contribution in [0.3, 0.4) is 0 Å². The maximum absolute atomic E-state index is 12.3. The molecule has 0 radical (unpaired) electrons. The molecule has 1 unspecified atom stereocenters. The highest BCUT2D eigenvalue weighted by atomic mass is 79.9. The molecule has 0 aliphatic carbocycles. The summed E-state index contributed by atoms with van der Waals surface area (Å²) in [5.41, 5.74) is 1.14. The molecule has 1 aromatic heterocycles. The van der Waals surface area contributed by atoms with Gasteiger partial charge in [0.2, 0.25) is 5.91 Å². The van der Waals surface area contributed by atoms with Crippen LogP contribution in [0.5, 0.6) is 0 Å². The number of anilines is 1. The minimum Gasteiger partial charge on any atom is -0.316 e. The van der Waals surface area contributed by atoms with E-state index >= 15 is 0 Å². The van der Waals surface area contributed by atoms with E-state index in [4.69, 9.17) is 0 Å². The summed E-state index contributed by atoms with van der Waals surface area (Å²) >= 11 is 3.43. The maximum atomic E-state index is 12.3. The summed E-state index contributed by atoms with van der Waals surface area (Å²) in [5, 5.41) is 10.5. The molecule has 124 valence electrons. The topological polar surface area (TPSA) is 59.0 Å². The van der Waals surface area contributed by atoms with Crippen LogP contribution in [-0.4, -0.2) is 28.8 Å². The van der Waals surface area contributed by atoms with E-state index in [-0.39, 0.29) is 24.2 Å². The lowest BCUT2D eigenvalue weighted by atomic mass is 9.88. The predicted molar refractivity (Wildman–Crippen MR) is 96.9 cm³/mol. The highest BCUT2D eigenvalue weighted by Gasteiger charge is 2.29. The summed E-state index contributed by atoms with van der Waals surface area (Å²) in [7, 11) is 0. The first-order valence-electron chi connectivity index (χ1n) is 7.41. The molecule has 1 amide bonds. The molecule has 1 aliphatic rings. The highest BCUT2D eigenvalue weighted by Crippen LogP contribution is 2.19. The van der Waals surface area contributed by atoms with Gasteiger partial charge in [-0.15, -0.1) is 12.4 Å². The normalized spacial score (nSPS) is 15.4. The Bertz CT molecular complexity index is 654. The Balaban J connectivity index is 0.00000192. The van der Waals surface area contributed by atoms with Gasteiger partial charge in [0.05, 0.1) is 12.7 Å². The summed E-state index contributed by atoms with van der Waals surface area (Å²) in [6, 6.07) is 9.92. The highest BCUT2D eigenvalue weighted by molar-refractivity contribution is 9.10. The molecule has 0 saturated carbocycles. The molecule has 3 rings (SSSR count). The first-order chi connectivity index (χ1) is 10.6. The lowest BCUT2D eigenvalue weighted by molar-refractivity contribution is -0.121. The second-order valence-corrected chi connectivity index (χ2v) is 6.61. The summed E-state index contributed by atoms with van der Waals surface area (Å²) < 4.78 is 2.86. The summed E-state index contributed by atoms with van der Waals surface area (Å²) in [4.78, 5) is 12.3. The first-order valence-corrected chi connectivity index (χ1v) is 8.20. The number of nitrogens with zero attached hydrogens (tertiary/aromatic N) is 2. The fraction of sp³-hybridized carbons (Fsp3) is 0.375. The number of amides is 1. The van der Waals surface area contributed by atoms with Crippen LogP contribution < -0.4 is 10.6 Å². The van der Waals surface area contributed by atoms with Gasteiger partial charge in [-0.3, -0.25) is 4.79 Å². The van der Waals surface area contributed by atoms with E-state index in [2.05, 4.69) is 31.7 Å². The molecule has 1 fully saturated rings. The molecule has 1 atom stereocenters. The average molecular weight is 400 g/mol. The predicted octanol–water partition coefficient (Wildman–Crippen LogP) is 2.91. The van der Waals surface area contributed by atoms with Crippen LogP contribution in [0.2, 0.25) is 0 Å². The van der Waals surface area contributed by atoms with E-state index in [0.29, 0.717) is 12.5 Å². The minimum absolute atomic E-state index is 0. The van der Waals surface area contributed by atoms with E-state index < -0.39 is 0 Å². The van der Waals surface area contributed by atoms with Gasteiger partial charge in [0, 0.05) is 16.5 Å². The molecule has 2 aromatic rings. The summed E-state index contributed by atoms with van der Waals surface area (Å²) in [6.07, 6.45) is 1.71. The zero-order valence-electron chi connectivity index (χ0n) is 12.8. The standard InChI is InChI=1S/C16H19BrN4O.ClH/c1-11(13-8-18-9-13)16(22)20-15-6-7-19-21(15)10-12-2-4-14(17)5-3-12;/h2-7,11,13,18H,8-10H2,1H3,(H,20,22);1H. The van der Waals surface area contributed by atoms with Gasteiger partial charge in [-0.05, 0) is 36.7 Å². The Hall–Kier alpha value is -1.37. The van der Waals surface area contributed by atoms with Crippen molar-refractivity contribution in [2.75, 3.05) is 18.4 Å². The molecular formula is C16H20BrClN4O. The van der Waals surface area contributed by atoms with Gasteiger partial charge in [-0.2, -0.15) is 5.10 Å². The van der Waals surface area contributed by atoms with Gasteiger partial charge in [0.25, 0.3) is 0 Å². The molecule has 0 bridgehead atoms. The van der Waals surface area contributed by atoms with Crippen molar-refractivity contribution in [2.24, 2.45) is 11.8 Å². The molecule has 0 spiro atoms. The Labute approximate surface area is 150 Å². The van der Waals surface area contributed by atoms with Crippen LogP contribution >= 0.6 is 28.3 Å². The number of benzene rings is 1. The van der Waals surface area contributed by atoms with Gasteiger partial charge in [0.15, 0.2) is 0 Å². The fourth-order valence-corrected chi connectivity index (χ4v) is 2.71. The number of carbonyl (C=O) groups excluding carboxylic acids is 1. The van der Waals surface area contributed by atoms with Crippen LogP contribution in [0.1, 0.15) is 12.5 Å². The second kappa shape index (κ2) is 7.95. The van der Waals surface area contributed by atoms with Crippen molar-refractivity contribution in [1.29, 1.82) is 0 Å². The van der Waals surface area contributed by atoms with Crippen LogP contribution in [0.25, 0.3) is 0 Å². The van der Waals surface area contributed by atoms with E-state index in [0.717, 1.165) is 28.9 Å². The third-order valence-corrected chi connectivity index (χ3v) is 4.68. The number of carbonyl (C=O) groups is 1. The molecule has 7 heteroatoms. The smallest absolute Gasteiger partial charge is 0.228 e. The van der Waals surface area contributed by atoms with Crippen LogP contribution in [0.15, 0.2) is 41.0 Å². The zero-order chi connectivity index (χ0) is 15.5. The Morgan fingerprint density at radius 3 is 2.70 bits per heavy atom. The number of nitrogens with one attached hydrogen (secondary N) is 2. The molecule has 2 N–H and O–H groups in total. The van der Waals surface area contributed by atoms with Crippen molar-refractivity contribution in [1.82, 2.24) is 15.1 Å². The molecule has 1 aliphatic heterocycles. The third-order valence-electron chi connectivity index (χ3n) is 4.15. The van der Waals surface area contributed by atoms with E-state index in [9.17, 15) is 4.79 Å². The lowest BCUT2D eigenvalue weighted by Crippen LogP contribution is -2.48. The Morgan fingerprint density at radius 2 is 2.09 bits per heavy atom. The van der Waals surface area contributed by atoms with E-state index in [1.54, 1.807) is 6.20 Å². The van der Waals surface area contributed by atoms with Gasteiger partial charge in [0.1, 0.15) is 5.82 Å². The van der Waals surface area contributed by atoms with Crippen molar-refractivity contribution in [3.05, 3.63) is 46.6 Å². The summed E-state index contributed by atoms with van der Waals surface area (Å²) in [5.74, 6) is 1.25. The van der Waals surface area contributed by atoms with Gasteiger partial charge < -0.3 is 10.6 Å². The maximum Gasteiger partial charge on any atom is 0.228 e. The third kappa shape index (κ3) is 4.34. The quantitative estimate of drug-likeness (QED) is 0.813. The molecule has 23 heavy (non-hydrogen) atoms. The van der Waals surface area contributed by atoms with Crippen LogP contribution in [0, 0.1) is 11.8 Å². The second-order valence-electron chi connectivity index (χ2n) is 5.70. The number of aromatic nitrogens is 2.